The van der Waals surface area contributed by atoms with E-state index in [9.17, 15) is 0 Å². The fourth-order valence-electron chi connectivity index (χ4n) is 7.61. The van der Waals surface area contributed by atoms with Gasteiger partial charge in [0.2, 0.25) is 0 Å². The summed E-state index contributed by atoms with van der Waals surface area (Å²) in [6.45, 7) is 6.66. The molecule has 1 radical (unpaired) electrons. The van der Waals surface area contributed by atoms with Gasteiger partial charge in [0, 0.05) is 31.7 Å². The van der Waals surface area contributed by atoms with Gasteiger partial charge in [0.25, 0.3) is 0 Å². The van der Waals surface area contributed by atoms with Crippen molar-refractivity contribution < 1.29 is 24.5 Å². The summed E-state index contributed by atoms with van der Waals surface area (Å²) in [5, 5.41) is 2.28. The standard InChI is InChI=1S/C30H26NO.C17H22GeN.Ir/c1-20-16-26(23-10-3-2-4-11-23)29-25-13-7-12-24(30(25)32-28(29)17-20)27-19-22(14-15-31-27)18-21-8-5-6-9-21;1-13(2)15-11-17(14-9-7-6-8-10-14)19-12-16(15)18(3,4)5;/h2-4,7,10-11,13-17,19,21H,5-6,8-9,18H2,1H3;6-9,11-13H,1-5H3;/q2*-1;. The second-order valence-corrected chi connectivity index (χ2v) is 26.1. The molecule has 1 aliphatic rings. The molecule has 3 aromatic heterocycles. The number of rotatable bonds is 7. The molecular weight excluding hydrogens is 873 g/mol. The van der Waals surface area contributed by atoms with Crippen molar-refractivity contribution in [3.63, 3.8) is 0 Å². The van der Waals surface area contributed by atoms with Gasteiger partial charge in [0.05, 0.1) is 5.58 Å². The smallest absolute Gasteiger partial charge is 0.121 e. The van der Waals surface area contributed by atoms with Crippen LogP contribution in [0.15, 0.2) is 114 Å². The monoisotopic (exact) mass is 923 g/mol. The quantitative estimate of drug-likeness (QED) is 0.118. The van der Waals surface area contributed by atoms with Gasteiger partial charge in [0.15, 0.2) is 0 Å². The van der Waals surface area contributed by atoms with Gasteiger partial charge in [-0.2, -0.15) is 0 Å². The molecule has 0 spiro atoms. The van der Waals surface area contributed by atoms with E-state index in [4.69, 9.17) is 9.40 Å². The first kappa shape index (κ1) is 37.9. The van der Waals surface area contributed by atoms with E-state index >= 15 is 0 Å². The average Bonchev–Trinajstić information content (AvgIpc) is 3.79. The molecule has 0 atom stereocenters. The van der Waals surface area contributed by atoms with Crippen LogP contribution >= 0.6 is 0 Å². The van der Waals surface area contributed by atoms with Crippen LogP contribution in [0.4, 0.5) is 0 Å². The SMILES string of the molecule is CC(C)c1cc(-c2[c-]cccc2)nc[c]1[Ge]([CH3])([CH3])[CH3].Cc1cc(-c2ccccc2)c2c(c1)oc1c(-c3cc(CC4CCCC4)ccn3)[c-]ccc12.[Ir]. The zero-order valence-electron chi connectivity index (χ0n) is 31.2. The third-order valence-electron chi connectivity index (χ3n) is 10.2. The Bertz CT molecular complexity index is 2270. The molecule has 1 fully saturated rings. The Kier molecular flexibility index (Phi) is 12.0. The molecule has 5 heteroatoms. The first-order valence-electron chi connectivity index (χ1n) is 18.5. The van der Waals surface area contributed by atoms with E-state index in [1.54, 1.807) is 0 Å². The van der Waals surface area contributed by atoms with E-state index in [1.807, 2.05) is 30.5 Å². The number of hydrogen-bond acceptors (Lipinski definition) is 3. The van der Waals surface area contributed by atoms with Gasteiger partial charge in [-0.3, -0.25) is 0 Å². The van der Waals surface area contributed by atoms with Crippen molar-refractivity contribution >= 4 is 39.6 Å². The van der Waals surface area contributed by atoms with Crippen LogP contribution in [-0.2, 0) is 26.5 Å². The number of nitrogens with zero attached hydrogens (tertiary/aromatic N) is 2. The van der Waals surface area contributed by atoms with Crippen molar-refractivity contribution in [2.75, 3.05) is 0 Å². The molecule has 3 heterocycles. The predicted octanol–water partition coefficient (Wildman–Crippen LogP) is 12.4. The van der Waals surface area contributed by atoms with E-state index < -0.39 is 13.3 Å². The van der Waals surface area contributed by atoms with Crippen LogP contribution in [0.1, 0.15) is 62.1 Å². The van der Waals surface area contributed by atoms with Gasteiger partial charge in [-0.1, -0.05) is 84.7 Å². The molecule has 0 aliphatic heterocycles. The molecule has 1 saturated carbocycles. The Morgan fingerprint density at radius 3 is 2.31 bits per heavy atom. The molecule has 267 valence electrons. The van der Waals surface area contributed by atoms with Crippen molar-refractivity contribution in [2.24, 2.45) is 5.92 Å². The summed E-state index contributed by atoms with van der Waals surface area (Å²) in [5.41, 5.74) is 12.2. The third-order valence-corrected chi connectivity index (χ3v) is 14.5. The van der Waals surface area contributed by atoms with E-state index in [2.05, 4.69) is 134 Å². The summed E-state index contributed by atoms with van der Waals surface area (Å²) in [5.74, 6) is 8.64. The summed E-state index contributed by atoms with van der Waals surface area (Å²) in [6.07, 6.45) is 10.6. The summed E-state index contributed by atoms with van der Waals surface area (Å²) in [7, 11) is 0. The minimum Gasteiger partial charge on any atom is -0.501 e. The fraction of sp³-hybridized carbons (Fsp3) is 0.277. The molecule has 0 N–H and O–H groups in total. The summed E-state index contributed by atoms with van der Waals surface area (Å²) in [6, 6.07) is 40.5. The number of fused-ring (bicyclic) bond motifs is 3. The van der Waals surface area contributed by atoms with Gasteiger partial charge in [-0.25, -0.2) is 0 Å². The summed E-state index contributed by atoms with van der Waals surface area (Å²) < 4.78 is 8.01. The first-order chi connectivity index (χ1) is 24.7. The molecule has 7 aromatic rings. The van der Waals surface area contributed by atoms with Crippen LogP contribution in [0.3, 0.4) is 0 Å². The van der Waals surface area contributed by atoms with Crippen LogP contribution in [0.2, 0.25) is 17.3 Å². The number of pyridine rings is 2. The van der Waals surface area contributed by atoms with Gasteiger partial charge in [-0.05, 0) is 53.8 Å². The number of benzene rings is 4. The van der Waals surface area contributed by atoms with Gasteiger partial charge in [-0.15, -0.1) is 18.2 Å². The van der Waals surface area contributed by atoms with E-state index in [0.29, 0.717) is 5.92 Å². The second kappa shape index (κ2) is 16.5. The first-order valence-corrected chi connectivity index (χ1v) is 25.9. The molecule has 3 nitrogen and oxygen atoms in total. The molecular formula is C47H48GeIrN2O-2. The zero-order chi connectivity index (χ0) is 35.5. The van der Waals surface area contributed by atoms with Crippen LogP contribution in [0.5, 0.6) is 0 Å². The molecule has 8 rings (SSSR count). The Labute approximate surface area is 326 Å². The number of aromatic nitrogens is 2. The van der Waals surface area contributed by atoms with Crippen LogP contribution in [0, 0.1) is 25.0 Å². The topological polar surface area (TPSA) is 38.9 Å². The second-order valence-electron chi connectivity index (χ2n) is 15.5. The molecule has 0 amide bonds. The summed E-state index contributed by atoms with van der Waals surface area (Å²) in [4.78, 5) is 9.39. The maximum Gasteiger partial charge on any atom is 0.121 e. The van der Waals surface area contributed by atoms with Crippen molar-refractivity contribution in [1.82, 2.24) is 9.97 Å². The minimum atomic E-state index is -1.85. The molecule has 0 saturated heterocycles. The molecule has 4 aromatic carbocycles. The number of furan rings is 1. The van der Waals surface area contributed by atoms with Crippen LogP contribution in [0.25, 0.3) is 55.6 Å². The Balaban J connectivity index is 0.000000200. The maximum absolute atomic E-state index is 6.48. The largest absolute Gasteiger partial charge is 0.501 e. The van der Waals surface area contributed by atoms with E-state index in [0.717, 1.165) is 56.8 Å². The van der Waals surface area contributed by atoms with Crippen molar-refractivity contribution in [3.8, 4) is 33.6 Å². The molecule has 1 aliphatic carbocycles. The Morgan fingerprint density at radius 1 is 0.827 bits per heavy atom. The van der Waals surface area contributed by atoms with Crippen molar-refractivity contribution in [1.29, 1.82) is 0 Å². The zero-order valence-corrected chi connectivity index (χ0v) is 35.7. The number of hydrogen-bond donors (Lipinski definition) is 0. The fourth-order valence-corrected chi connectivity index (χ4v) is 11.1. The Morgan fingerprint density at radius 2 is 1.60 bits per heavy atom. The number of aryl methyl sites for hydroxylation is 1. The predicted molar refractivity (Wildman–Crippen MR) is 217 cm³/mol. The normalized spacial score (nSPS) is 13.3. The molecule has 0 bridgehead atoms. The Hall–Kier alpha value is -3.83. The van der Waals surface area contributed by atoms with Crippen molar-refractivity contribution in [3.05, 3.63) is 138 Å². The van der Waals surface area contributed by atoms with E-state index in [-0.39, 0.29) is 20.1 Å². The van der Waals surface area contributed by atoms with Gasteiger partial charge < -0.3 is 9.40 Å². The molecule has 0 unspecified atom stereocenters. The minimum absolute atomic E-state index is 0. The van der Waals surface area contributed by atoms with E-state index in [1.165, 1.54) is 57.9 Å². The van der Waals surface area contributed by atoms with Gasteiger partial charge >= 0.3 is 119 Å². The van der Waals surface area contributed by atoms with Gasteiger partial charge in [0.1, 0.15) is 5.58 Å². The summed E-state index contributed by atoms with van der Waals surface area (Å²) >= 11 is -1.85. The third kappa shape index (κ3) is 8.36. The maximum atomic E-state index is 6.48. The average molecular weight is 922 g/mol. The van der Waals surface area contributed by atoms with Crippen LogP contribution < -0.4 is 4.40 Å². The van der Waals surface area contributed by atoms with Crippen LogP contribution in [-0.4, -0.2) is 23.2 Å². The van der Waals surface area contributed by atoms with Crippen molar-refractivity contribution in [2.45, 2.75) is 76.1 Å². The molecule has 52 heavy (non-hydrogen) atoms.